The predicted octanol–water partition coefficient (Wildman–Crippen LogP) is 1.95. The van der Waals surface area contributed by atoms with Crippen molar-refractivity contribution in [2.45, 2.75) is 38.7 Å². The monoisotopic (exact) mass is 286 g/mol. The highest BCUT2D eigenvalue weighted by Gasteiger charge is 2.16. The lowest BCUT2D eigenvalue weighted by Crippen LogP contribution is -2.24. The van der Waals surface area contributed by atoms with Gasteiger partial charge in [0, 0.05) is 13.0 Å². The van der Waals surface area contributed by atoms with E-state index in [-0.39, 0.29) is 11.7 Å². The van der Waals surface area contributed by atoms with E-state index in [0.717, 1.165) is 31.0 Å². The molecule has 0 spiro atoms. The minimum atomic E-state index is -0.113. The van der Waals surface area contributed by atoms with Crippen molar-refractivity contribution in [2.24, 2.45) is 0 Å². The normalized spacial score (nSPS) is 21.0. The Bertz CT molecular complexity index is 424. The van der Waals surface area contributed by atoms with Gasteiger partial charge in [0.15, 0.2) is 0 Å². The summed E-state index contributed by atoms with van der Waals surface area (Å²) in [6.45, 7) is 2.65. The molecule has 0 bridgehead atoms. The first-order valence-electron chi connectivity index (χ1n) is 5.53. The first kappa shape index (κ1) is 11.8. The molecule has 1 unspecified atom stereocenters. The molecule has 1 fully saturated rings. The van der Waals surface area contributed by atoms with Gasteiger partial charge in [-0.3, -0.25) is 4.79 Å². The van der Waals surface area contributed by atoms with Gasteiger partial charge in [0.25, 0.3) is 5.56 Å². The Morgan fingerprint density at radius 3 is 3.00 bits per heavy atom. The average Bonchev–Trinajstić information content (AvgIpc) is 2.27. The molecule has 0 aliphatic carbocycles. The maximum Gasteiger partial charge on any atom is 0.265 e. The van der Waals surface area contributed by atoms with Crippen molar-refractivity contribution in [1.82, 2.24) is 9.97 Å². The Morgan fingerprint density at radius 2 is 2.38 bits per heavy atom. The molecule has 1 saturated heterocycles. The van der Waals surface area contributed by atoms with Crippen LogP contribution >= 0.6 is 15.9 Å². The minimum absolute atomic E-state index is 0.113. The van der Waals surface area contributed by atoms with Gasteiger partial charge in [-0.1, -0.05) is 0 Å². The van der Waals surface area contributed by atoms with Crippen molar-refractivity contribution in [1.29, 1.82) is 0 Å². The molecule has 2 rings (SSSR count). The smallest absolute Gasteiger partial charge is 0.265 e. The van der Waals surface area contributed by atoms with Gasteiger partial charge in [0.1, 0.15) is 10.3 Å². The van der Waals surface area contributed by atoms with E-state index in [2.05, 4.69) is 25.9 Å². The number of halogens is 1. The molecule has 1 aliphatic heterocycles. The van der Waals surface area contributed by atoms with Gasteiger partial charge < -0.3 is 9.72 Å². The number of aromatic amines is 1. The third kappa shape index (κ3) is 2.71. The van der Waals surface area contributed by atoms with Crippen LogP contribution in [0.2, 0.25) is 0 Å². The summed E-state index contributed by atoms with van der Waals surface area (Å²) in [5.74, 6) is 0.720. The number of hydrogen-bond acceptors (Lipinski definition) is 3. The van der Waals surface area contributed by atoms with Gasteiger partial charge in [-0.15, -0.1) is 0 Å². The molecule has 2 heterocycles. The van der Waals surface area contributed by atoms with Crippen molar-refractivity contribution in [2.75, 3.05) is 6.61 Å². The fourth-order valence-corrected chi connectivity index (χ4v) is 2.10. The lowest BCUT2D eigenvalue weighted by atomic mass is 10.1. The third-order valence-corrected chi connectivity index (χ3v) is 3.71. The molecular formula is C11H15BrN2O2. The summed E-state index contributed by atoms with van der Waals surface area (Å²) in [6, 6.07) is 0. The zero-order valence-corrected chi connectivity index (χ0v) is 10.8. The van der Waals surface area contributed by atoms with Crippen LogP contribution in [-0.4, -0.2) is 22.7 Å². The van der Waals surface area contributed by atoms with Crippen LogP contribution in [0.4, 0.5) is 0 Å². The molecule has 1 aliphatic rings. The fourth-order valence-electron chi connectivity index (χ4n) is 1.91. The van der Waals surface area contributed by atoms with Gasteiger partial charge in [0.05, 0.1) is 11.8 Å². The molecule has 1 aromatic rings. The largest absolute Gasteiger partial charge is 0.378 e. The number of aromatic nitrogens is 2. The maximum atomic E-state index is 11.5. The quantitative estimate of drug-likeness (QED) is 0.904. The molecule has 0 radical (unpaired) electrons. The molecule has 0 amide bonds. The van der Waals surface area contributed by atoms with Crippen LogP contribution in [0.15, 0.2) is 9.27 Å². The number of nitrogens with zero attached hydrogens (tertiary/aromatic N) is 1. The van der Waals surface area contributed by atoms with E-state index >= 15 is 0 Å². The Morgan fingerprint density at radius 1 is 1.56 bits per heavy atom. The van der Waals surface area contributed by atoms with Gasteiger partial charge in [-0.2, -0.15) is 0 Å². The molecule has 4 nitrogen and oxygen atoms in total. The highest BCUT2D eigenvalue weighted by molar-refractivity contribution is 9.10. The van der Waals surface area contributed by atoms with Gasteiger partial charge >= 0.3 is 0 Å². The Kier molecular flexibility index (Phi) is 3.76. The van der Waals surface area contributed by atoms with E-state index < -0.39 is 0 Å². The van der Waals surface area contributed by atoms with E-state index in [1.54, 1.807) is 0 Å². The summed E-state index contributed by atoms with van der Waals surface area (Å²) in [5.41, 5.74) is 0.618. The van der Waals surface area contributed by atoms with Crippen molar-refractivity contribution in [3.05, 3.63) is 26.3 Å². The van der Waals surface area contributed by atoms with E-state index in [1.807, 2.05) is 6.92 Å². The van der Waals surface area contributed by atoms with E-state index in [1.165, 1.54) is 6.42 Å². The summed E-state index contributed by atoms with van der Waals surface area (Å²) in [7, 11) is 0. The molecule has 1 aromatic heterocycles. The lowest BCUT2D eigenvalue weighted by Gasteiger charge is -2.22. The van der Waals surface area contributed by atoms with Crippen molar-refractivity contribution in [3.8, 4) is 0 Å². The fraction of sp³-hybridized carbons (Fsp3) is 0.636. The molecule has 88 valence electrons. The minimum Gasteiger partial charge on any atom is -0.378 e. The highest BCUT2D eigenvalue weighted by Crippen LogP contribution is 2.16. The second-order valence-corrected chi connectivity index (χ2v) is 4.90. The van der Waals surface area contributed by atoms with Crippen molar-refractivity contribution >= 4 is 15.9 Å². The first-order chi connectivity index (χ1) is 7.66. The molecule has 5 heteroatoms. The van der Waals surface area contributed by atoms with Crippen LogP contribution in [0.1, 0.15) is 30.8 Å². The summed E-state index contributed by atoms with van der Waals surface area (Å²) in [4.78, 5) is 18.6. The SMILES string of the molecule is Cc1nc(CC2CCCCO2)[nH]c(=O)c1Br. The highest BCUT2D eigenvalue weighted by atomic mass is 79.9. The van der Waals surface area contributed by atoms with Crippen LogP contribution in [0.25, 0.3) is 0 Å². The number of nitrogens with one attached hydrogen (secondary N) is 1. The standard InChI is InChI=1S/C11H15BrN2O2/c1-7-10(12)11(15)14-9(13-7)6-8-4-2-3-5-16-8/h8H,2-6H2,1H3,(H,13,14,15). The molecular weight excluding hydrogens is 272 g/mol. The van der Waals surface area contributed by atoms with Gasteiger partial charge in [-0.05, 0) is 42.1 Å². The Balaban J connectivity index is 2.12. The Labute approximate surface area is 103 Å². The summed E-state index contributed by atoms with van der Waals surface area (Å²) < 4.78 is 6.13. The van der Waals surface area contributed by atoms with Crippen LogP contribution < -0.4 is 5.56 Å². The zero-order chi connectivity index (χ0) is 11.5. The van der Waals surface area contributed by atoms with Gasteiger partial charge in [0.2, 0.25) is 0 Å². The molecule has 0 aromatic carbocycles. The van der Waals surface area contributed by atoms with Gasteiger partial charge in [-0.25, -0.2) is 4.98 Å². The number of aryl methyl sites for hydroxylation is 1. The number of hydrogen-bond donors (Lipinski definition) is 1. The zero-order valence-electron chi connectivity index (χ0n) is 9.25. The average molecular weight is 287 g/mol. The van der Waals surface area contributed by atoms with E-state index in [0.29, 0.717) is 10.9 Å². The summed E-state index contributed by atoms with van der Waals surface area (Å²) in [6.07, 6.45) is 4.30. The van der Waals surface area contributed by atoms with Crippen LogP contribution in [0.5, 0.6) is 0 Å². The number of H-pyrrole nitrogens is 1. The van der Waals surface area contributed by atoms with Crippen LogP contribution in [0.3, 0.4) is 0 Å². The van der Waals surface area contributed by atoms with Crippen molar-refractivity contribution < 1.29 is 4.74 Å². The topological polar surface area (TPSA) is 55.0 Å². The number of ether oxygens (including phenoxy) is 1. The Hall–Kier alpha value is -0.680. The first-order valence-corrected chi connectivity index (χ1v) is 6.33. The van der Waals surface area contributed by atoms with Crippen molar-refractivity contribution in [3.63, 3.8) is 0 Å². The lowest BCUT2D eigenvalue weighted by molar-refractivity contribution is 0.0156. The van der Waals surface area contributed by atoms with Crippen LogP contribution in [0, 0.1) is 6.92 Å². The predicted molar refractivity (Wildman–Crippen MR) is 64.6 cm³/mol. The number of rotatable bonds is 2. The van der Waals surface area contributed by atoms with Crippen LogP contribution in [-0.2, 0) is 11.2 Å². The maximum absolute atomic E-state index is 11.5. The third-order valence-electron chi connectivity index (χ3n) is 2.77. The summed E-state index contributed by atoms with van der Waals surface area (Å²) in [5, 5.41) is 0. The summed E-state index contributed by atoms with van der Waals surface area (Å²) >= 11 is 3.20. The van der Waals surface area contributed by atoms with E-state index in [9.17, 15) is 4.79 Å². The molecule has 0 saturated carbocycles. The molecule has 1 N–H and O–H groups in total. The molecule has 16 heavy (non-hydrogen) atoms. The molecule has 1 atom stereocenters. The second kappa shape index (κ2) is 5.10. The van der Waals surface area contributed by atoms with E-state index in [4.69, 9.17) is 4.74 Å². The second-order valence-electron chi connectivity index (χ2n) is 4.10.